The van der Waals surface area contributed by atoms with Gasteiger partial charge in [0.1, 0.15) is 7.45 Å². The fourth-order valence-electron chi connectivity index (χ4n) is 0.848. The molecule has 1 amide bonds. The summed E-state index contributed by atoms with van der Waals surface area (Å²) < 4.78 is 6.87. The lowest BCUT2D eigenvalue weighted by Gasteiger charge is -2.16. The van der Waals surface area contributed by atoms with E-state index >= 15 is 0 Å². The number of nitrogens with two attached hydrogens (primary N) is 1. The second-order valence-corrected chi connectivity index (χ2v) is 4.27. The van der Waals surface area contributed by atoms with Crippen molar-refractivity contribution in [3.05, 3.63) is 0 Å². The Morgan fingerprint density at radius 2 is 2.40 bits per heavy atom. The van der Waals surface area contributed by atoms with Gasteiger partial charge in [-0.25, -0.2) is 4.79 Å². The maximum Gasteiger partial charge on any atom is 0.326 e. The molecule has 0 saturated carbocycles. The minimum Gasteiger partial charge on any atom is -0.480 e. The van der Waals surface area contributed by atoms with Crippen LogP contribution in [-0.4, -0.2) is 46.8 Å². The summed E-state index contributed by atoms with van der Waals surface area (Å²) in [4.78, 5) is 22.3. The lowest BCUT2D eigenvalue weighted by molar-refractivity contribution is -0.141. The number of carbonyl (C=O) groups is 2. The van der Waals surface area contributed by atoms with Crippen LogP contribution in [0.25, 0.3) is 0 Å². The molecule has 0 rings (SSSR count). The van der Waals surface area contributed by atoms with Crippen molar-refractivity contribution in [1.29, 1.82) is 0 Å². The third-order valence-electron chi connectivity index (χ3n) is 1.72. The second kappa shape index (κ2) is 7.84. The molecule has 88 valence electrons. The molecule has 0 aliphatic carbocycles. The monoisotopic (exact) mass is 253 g/mol. The Morgan fingerprint density at radius 1 is 1.73 bits per heavy atom. The summed E-state index contributed by atoms with van der Waals surface area (Å²) in [7, 11) is 0. The first-order chi connectivity index (χ1) is 7.56. The number of hydrogen-bond acceptors (Lipinski definition) is 5. The van der Waals surface area contributed by atoms with Crippen LogP contribution < -0.4 is 11.0 Å². The van der Waals surface area contributed by atoms with E-state index in [-0.39, 0.29) is 5.75 Å². The van der Waals surface area contributed by atoms with Gasteiger partial charge >= 0.3 is 5.97 Å². The van der Waals surface area contributed by atoms with E-state index < -0.39 is 24.0 Å². The summed E-state index contributed by atoms with van der Waals surface area (Å²) in [5, 5.41) is 11.2. The van der Waals surface area contributed by atoms with Gasteiger partial charge in [0.05, 0.1) is 6.04 Å². The number of carboxylic acid groups (broad SMARTS) is 1. The van der Waals surface area contributed by atoms with Crippen LogP contribution in [0.2, 0.25) is 1.41 Å². The number of aliphatic carboxylic acids is 1. The topological polar surface area (TPSA) is 92.4 Å². The van der Waals surface area contributed by atoms with Crippen LogP contribution >= 0.6 is 24.4 Å². The summed E-state index contributed by atoms with van der Waals surface area (Å²) >= 11 is 5.40. The van der Waals surface area contributed by atoms with E-state index in [4.69, 9.17) is 6.52 Å². The molecule has 0 radical (unpaired) electrons. The molecule has 0 aromatic heterocycles. The zero-order valence-corrected chi connectivity index (χ0v) is 10.1. The molecule has 0 spiro atoms. The first-order valence-electron chi connectivity index (χ1n) is 4.87. The van der Waals surface area contributed by atoms with Crippen LogP contribution in [0, 0.1) is 0 Å². The first-order valence-corrected chi connectivity index (χ1v) is 6.39. The highest BCUT2D eigenvalue weighted by Crippen LogP contribution is 2.01. The number of amides is 1. The molecule has 0 aromatic rings. The Bertz CT molecular complexity index is 239. The number of carbonyl (C=O) groups excluding carboxylic acids is 1. The third kappa shape index (κ3) is 5.91. The Labute approximate surface area is 100 Å². The molecule has 0 saturated heterocycles. The zero-order chi connectivity index (χ0) is 12.6. The Kier molecular flexibility index (Phi) is 6.62. The molecule has 0 aliphatic rings. The lowest BCUT2D eigenvalue weighted by atomic mass is 10.2. The molecule has 0 unspecified atom stereocenters. The number of thiol groups is 1. The van der Waals surface area contributed by atoms with Gasteiger partial charge in [-0.05, 0) is 18.4 Å². The van der Waals surface area contributed by atoms with Gasteiger partial charge < -0.3 is 16.2 Å². The van der Waals surface area contributed by atoms with E-state index in [2.05, 4.69) is 17.9 Å². The van der Waals surface area contributed by atoms with E-state index in [1.165, 1.54) is 11.8 Å². The quantitative estimate of drug-likeness (QED) is 0.440. The van der Waals surface area contributed by atoms with Crippen molar-refractivity contribution in [1.82, 2.24) is 5.32 Å². The van der Waals surface area contributed by atoms with Gasteiger partial charge in [-0.15, -0.1) is 0 Å². The van der Waals surface area contributed by atoms with E-state index in [9.17, 15) is 9.59 Å². The molecule has 0 aromatic carbocycles. The summed E-state index contributed by atoms with van der Waals surface area (Å²) in [6.07, 6.45) is 2.22. The molecule has 5 nitrogen and oxygen atoms in total. The fourth-order valence-corrected chi connectivity index (χ4v) is 1.49. The van der Waals surface area contributed by atoms with E-state index in [1.807, 2.05) is 12.0 Å². The predicted octanol–water partition coefficient (Wildman–Crippen LogP) is -0.434. The van der Waals surface area contributed by atoms with Crippen LogP contribution in [0.3, 0.4) is 0 Å². The largest absolute Gasteiger partial charge is 0.480 e. The van der Waals surface area contributed by atoms with Gasteiger partial charge in [-0.2, -0.15) is 24.4 Å². The van der Waals surface area contributed by atoms with Gasteiger partial charge in [0.2, 0.25) is 5.91 Å². The molecule has 7 heteroatoms. The molecule has 4 N–H and O–H groups in total. The van der Waals surface area contributed by atoms with Crippen LogP contribution in [-0.2, 0) is 9.59 Å². The van der Waals surface area contributed by atoms with Gasteiger partial charge in [0.25, 0.3) is 0 Å². The second-order valence-electron chi connectivity index (χ2n) is 2.92. The maximum absolute atomic E-state index is 11.5. The average Bonchev–Trinajstić information content (AvgIpc) is 2.25. The standard InChI is InChI=1S/C8H16N2O3S2/c1-15-3-2-6(8(12)13)10-7(11)5(9)4-14/h5-6,14H,2-4,9H2,1H3,(H,10,11)(H,12,13)/t5-,6-/m0/s1/i/hD. The van der Waals surface area contributed by atoms with Crippen LogP contribution in [0.4, 0.5) is 0 Å². The van der Waals surface area contributed by atoms with Crippen molar-refractivity contribution >= 4 is 36.3 Å². The van der Waals surface area contributed by atoms with Crippen molar-refractivity contribution in [3.63, 3.8) is 0 Å². The number of hydrogen-bond donors (Lipinski definition) is 4. The van der Waals surface area contributed by atoms with E-state index in [1.54, 1.807) is 0 Å². The molecule has 2 atom stereocenters. The van der Waals surface area contributed by atoms with Gasteiger partial charge in [0.15, 0.2) is 0 Å². The average molecular weight is 253 g/mol. The Balaban J connectivity index is 4.27. The van der Waals surface area contributed by atoms with Crippen LogP contribution in [0.5, 0.6) is 0 Å². The van der Waals surface area contributed by atoms with Crippen molar-refractivity contribution in [2.45, 2.75) is 18.5 Å². The van der Waals surface area contributed by atoms with Crippen molar-refractivity contribution < 1.29 is 16.1 Å². The summed E-state index contributed by atoms with van der Waals surface area (Å²) in [5.41, 5.74) is 2.02. The van der Waals surface area contributed by atoms with Crippen molar-refractivity contribution in [2.75, 3.05) is 17.8 Å². The summed E-state index contributed by atoms with van der Waals surface area (Å²) in [6, 6.07) is -1.70. The van der Waals surface area contributed by atoms with Crippen LogP contribution in [0.15, 0.2) is 0 Å². The van der Waals surface area contributed by atoms with Gasteiger partial charge in [-0.1, -0.05) is 0 Å². The molecular formula is C8H16N2O3S2. The zero-order valence-electron chi connectivity index (χ0n) is 9.40. The summed E-state index contributed by atoms with van der Waals surface area (Å²) in [5.74, 6) is -0.787. The highest BCUT2D eigenvalue weighted by Gasteiger charge is 2.21. The van der Waals surface area contributed by atoms with Crippen molar-refractivity contribution in [3.8, 4) is 0 Å². The Morgan fingerprint density at radius 3 is 2.80 bits per heavy atom. The van der Waals surface area contributed by atoms with Gasteiger partial charge in [-0.3, -0.25) is 4.79 Å². The van der Waals surface area contributed by atoms with Gasteiger partial charge in [0, 0.05) is 5.75 Å². The molecule has 0 heterocycles. The highest BCUT2D eigenvalue weighted by atomic mass is 32.2. The Hall–Kier alpha value is -0.400. The van der Waals surface area contributed by atoms with Crippen LogP contribution in [0.1, 0.15) is 6.42 Å². The molecule has 15 heavy (non-hydrogen) atoms. The minimum atomic E-state index is -1.06. The molecular weight excluding hydrogens is 236 g/mol. The fraction of sp³-hybridized carbons (Fsp3) is 0.750. The molecule has 0 bridgehead atoms. The lowest BCUT2D eigenvalue weighted by Crippen LogP contribution is -2.49. The molecule has 0 aliphatic heterocycles. The number of nitrogens with one attached hydrogen (secondary N) is 1. The number of carboxylic acids is 1. The summed E-state index contributed by atoms with van der Waals surface area (Å²) in [6.45, 7) is 0. The first kappa shape index (κ1) is 12.7. The van der Waals surface area contributed by atoms with E-state index in [0.717, 1.165) is 0 Å². The molecule has 0 fully saturated rings. The van der Waals surface area contributed by atoms with E-state index in [0.29, 0.717) is 12.2 Å². The minimum absolute atomic E-state index is 0.143. The third-order valence-corrected chi connectivity index (χ3v) is 2.73. The normalized spacial score (nSPS) is 15.2. The highest BCUT2D eigenvalue weighted by molar-refractivity contribution is 7.98. The smallest absolute Gasteiger partial charge is 0.326 e. The number of rotatable bonds is 8. The maximum atomic E-state index is 11.5. The predicted molar refractivity (Wildman–Crippen MR) is 64.4 cm³/mol. The number of thioether (sulfide) groups is 1. The SMILES string of the molecule is [2H]N[C@@H](CS)C(=O)N[C@@H](CCSC)C(=O)O. The van der Waals surface area contributed by atoms with Crippen molar-refractivity contribution in [2.24, 2.45) is 5.73 Å².